The van der Waals surface area contributed by atoms with E-state index in [4.69, 9.17) is 0 Å². The molecule has 0 rings (SSSR count). The Hall–Kier alpha value is 0.300. The summed E-state index contributed by atoms with van der Waals surface area (Å²) in [5.41, 5.74) is 0. The molecule has 0 saturated heterocycles. The molecule has 0 saturated carbocycles. The van der Waals surface area contributed by atoms with Gasteiger partial charge in [0.1, 0.15) is 0 Å². The first-order valence-corrected chi connectivity index (χ1v) is 7.50. The van der Waals surface area contributed by atoms with Crippen LogP contribution in [0.5, 0.6) is 0 Å². The van der Waals surface area contributed by atoms with E-state index in [1.807, 2.05) is 0 Å². The summed E-state index contributed by atoms with van der Waals surface area (Å²) in [6.45, 7) is 2.19. The fourth-order valence-electron chi connectivity index (χ4n) is 1.81. The molecule has 1 unspecified atom stereocenters. The molecule has 1 nitrogen and oxygen atoms in total. The predicted octanol–water partition coefficient (Wildman–Crippen LogP) is 5.26. The Balaban J connectivity index is 3.25. The van der Waals surface area contributed by atoms with Crippen LogP contribution in [0.3, 0.4) is 0 Å². The number of hydrogen-bond donors (Lipinski definition) is 1. The molecule has 1 N–H and O–H groups in total. The third-order valence-electron chi connectivity index (χ3n) is 2.90. The Bertz CT molecular complexity index is 171. The number of halogens is 3. The van der Waals surface area contributed by atoms with Crippen LogP contribution in [0.2, 0.25) is 0 Å². The fraction of sp³-hybridized carbons (Fsp3) is 1.00. The van der Waals surface area contributed by atoms with Crippen molar-refractivity contribution < 1.29 is 13.9 Å². The van der Waals surface area contributed by atoms with Gasteiger partial charge in [0.05, 0.1) is 6.10 Å². The highest BCUT2D eigenvalue weighted by atomic mass is 79.9. The van der Waals surface area contributed by atoms with Crippen molar-refractivity contribution >= 4 is 15.9 Å². The quantitative estimate of drug-likeness (QED) is 0.407. The molecule has 104 valence electrons. The van der Waals surface area contributed by atoms with Gasteiger partial charge in [-0.15, -0.1) is 0 Å². The zero-order chi connectivity index (χ0) is 13.1. The number of unbranched alkanes of at least 4 members (excludes halogenated alkanes) is 6. The van der Waals surface area contributed by atoms with Crippen LogP contribution in [0.4, 0.5) is 8.78 Å². The molecular weight excluding hydrogens is 290 g/mol. The van der Waals surface area contributed by atoms with Crippen molar-refractivity contribution in [3.63, 3.8) is 0 Å². The van der Waals surface area contributed by atoms with Crippen LogP contribution in [0, 0.1) is 0 Å². The molecule has 0 fully saturated rings. The van der Waals surface area contributed by atoms with Gasteiger partial charge in [0.2, 0.25) is 0 Å². The number of aliphatic hydroxyl groups is 1. The highest BCUT2D eigenvalue weighted by Crippen LogP contribution is 2.28. The molecule has 0 aliphatic rings. The van der Waals surface area contributed by atoms with Crippen molar-refractivity contribution in [1.82, 2.24) is 0 Å². The summed E-state index contributed by atoms with van der Waals surface area (Å²) in [6.07, 6.45) is 8.29. The summed E-state index contributed by atoms with van der Waals surface area (Å²) >= 11 is 2.28. The highest BCUT2D eigenvalue weighted by Gasteiger charge is 2.24. The van der Waals surface area contributed by atoms with Crippen molar-refractivity contribution in [2.45, 2.75) is 82.1 Å². The van der Waals surface area contributed by atoms with E-state index < -0.39 is 10.9 Å². The lowest BCUT2D eigenvalue weighted by Crippen LogP contribution is -2.12. The molecule has 0 spiro atoms. The predicted molar refractivity (Wildman–Crippen MR) is 71.7 cm³/mol. The Morgan fingerprint density at radius 1 is 1.00 bits per heavy atom. The van der Waals surface area contributed by atoms with Crippen molar-refractivity contribution in [1.29, 1.82) is 0 Å². The maximum atomic E-state index is 12.4. The second-order valence-corrected chi connectivity index (χ2v) is 5.88. The first kappa shape index (κ1) is 17.3. The molecule has 0 bridgehead atoms. The fourth-order valence-corrected chi connectivity index (χ4v) is 2.04. The lowest BCUT2D eigenvalue weighted by molar-refractivity contribution is 0.0700. The van der Waals surface area contributed by atoms with E-state index >= 15 is 0 Å². The molecule has 4 heteroatoms. The van der Waals surface area contributed by atoms with Crippen LogP contribution in [0.15, 0.2) is 0 Å². The average Bonchev–Trinajstić information content (AvgIpc) is 2.24. The minimum Gasteiger partial charge on any atom is -0.393 e. The van der Waals surface area contributed by atoms with E-state index in [0.717, 1.165) is 12.8 Å². The smallest absolute Gasteiger partial charge is 0.301 e. The Labute approximate surface area is 112 Å². The molecule has 0 aliphatic carbocycles. The number of alkyl halides is 3. The highest BCUT2D eigenvalue weighted by molar-refractivity contribution is 9.09. The van der Waals surface area contributed by atoms with Crippen LogP contribution >= 0.6 is 15.9 Å². The molecule has 17 heavy (non-hydrogen) atoms. The molecule has 0 heterocycles. The van der Waals surface area contributed by atoms with Crippen LogP contribution < -0.4 is 0 Å². The maximum Gasteiger partial charge on any atom is 0.301 e. The van der Waals surface area contributed by atoms with Gasteiger partial charge in [-0.2, -0.15) is 8.78 Å². The largest absolute Gasteiger partial charge is 0.393 e. The molecule has 0 aromatic carbocycles. The summed E-state index contributed by atoms with van der Waals surface area (Å²) in [4.78, 5) is -2.83. The minimum absolute atomic E-state index is 0.175. The third kappa shape index (κ3) is 14.2. The van der Waals surface area contributed by atoms with E-state index in [0.29, 0.717) is 6.42 Å². The molecule has 0 amide bonds. The molecular formula is C13H25BrF2O. The summed E-state index contributed by atoms with van der Waals surface area (Å²) in [7, 11) is 0. The zero-order valence-corrected chi connectivity index (χ0v) is 12.3. The van der Waals surface area contributed by atoms with Gasteiger partial charge >= 0.3 is 4.83 Å². The normalized spacial score (nSPS) is 13.9. The van der Waals surface area contributed by atoms with Gasteiger partial charge in [0.15, 0.2) is 0 Å². The monoisotopic (exact) mass is 314 g/mol. The average molecular weight is 315 g/mol. The lowest BCUT2D eigenvalue weighted by atomic mass is 10.0. The molecule has 1 atom stereocenters. The summed E-state index contributed by atoms with van der Waals surface area (Å²) < 4.78 is 24.9. The van der Waals surface area contributed by atoms with Gasteiger partial charge in [0, 0.05) is 6.42 Å². The van der Waals surface area contributed by atoms with Crippen LogP contribution in [-0.4, -0.2) is 16.0 Å². The first-order valence-electron chi connectivity index (χ1n) is 6.70. The second-order valence-electron chi connectivity index (χ2n) is 4.72. The van der Waals surface area contributed by atoms with Gasteiger partial charge in [-0.1, -0.05) is 51.9 Å². The van der Waals surface area contributed by atoms with Gasteiger partial charge < -0.3 is 5.11 Å². The summed E-state index contributed by atoms with van der Waals surface area (Å²) in [5, 5.41) is 9.50. The number of aliphatic hydroxyl groups excluding tert-OH is 1. The molecule has 0 radical (unpaired) electrons. The topological polar surface area (TPSA) is 20.2 Å². The van der Waals surface area contributed by atoms with Gasteiger partial charge in [-0.05, 0) is 28.8 Å². The zero-order valence-electron chi connectivity index (χ0n) is 10.7. The second kappa shape index (κ2) is 10.2. The molecule has 0 aromatic rings. The summed E-state index contributed by atoms with van der Waals surface area (Å²) in [6, 6.07) is 0. The number of rotatable bonds is 11. The van der Waals surface area contributed by atoms with Crippen molar-refractivity contribution in [2.24, 2.45) is 0 Å². The van der Waals surface area contributed by atoms with E-state index in [2.05, 4.69) is 22.9 Å². The summed E-state index contributed by atoms with van der Waals surface area (Å²) in [5.74, 6) is 0. The standard InChI is InChI=1S/C13H25BrF2O/c1-2-3-4-5-6-7-8-9-12(17)10-11-13(14,15)16/h12,17H,2-11H2,1H3. The van der Waals surface area contributed by atoms with Crippen molar-refractivity contribution in [3.05, 3.63) is 0 Å². The Morgan fingerprint density at radius 3 is 2.06 bits per heavy atom. The Kier molecular flexibility index (Phi) is 10.4. The Morgan fingerprint density at radius 2 is 1.53 bits per heavy atom. The van der Waals surface area contributed by atoms with Crippen molar-refractivity contribution in [2.75, 3.05) is 0 Å². The van der Waals surface area contributed by atoms with Gasteiger partial charge in [-0.25, -0.2) is 0 Å². The van der Waals surface area contributed by atoms with Crippen LogP contribution in [0.25, 0.3) is 0 Å². The first-order chi connectivity index (χ1) is 7.95. The van der Waals surface area contributed by atoms with E-state index in [9.17, 15) is 13.9 Å². The van der Waals surface area contributed by atoms with Crippen LogP contribution in [0.1, 0.15) is 71.1 Å². The van der Waals surface area contributed by atoms with E-state index in [1.54, 1.807) is 0 Å². The maximum absolute atomic E-state index is 12.4. The van der Waals surface area contributed by atoms with Crippen LogP contribution in [-0.2, 0) is 0 Å². The number of hydrogen-bond acceptors (Lipinski definition) is 1. The van der Waals surface area contributed by atoms with E-state index in [1.165, 1.54) is 32.1 Å². The molecule has 0 aliphatic heterocycles. The minimum atomic E-state index is -2.83. The van der Waals surface area contributed by atoms with Crippen molar-refractivity contribution in [3.8, 4) is 0 Å². The third-order valence-corrected chi connectivity index (χ3v) is 3.30. The van der Waals surface area contributed by atoms with Gasteiger partial charge in [0.25, 0.3) is 0 Å². The SMILES string of the molecule is CCCCCCCCCC(O)CCC(F)(F)Br. The van der Waals surface area contributed by atoms with E-state index in [-0.39, 0.29) is 12.8 Å². The van der Waals surface area contributed by atoms with Gasteiger partial charge in [-0.3, -0.25) is 0 Å². The lowest BCUT2D eigenvalue weighted by Gasteiger charge is -2.13. The molecule has 0 aromatic heterocycles.